The molecule has 0 aliphatic rings. The van der Waals surface area contributed by atoms with Crippen LogP contribution in [0.15, 0.2) is 42.5 Å². The maximum absolute atomic E-state index is 6.08. The van der Waals surface area contributed by atoms with Gasteiger partial charge in [0, 0.05) is 6.04 Å². The number of rotatable bonds is 6. The quantitative estimate of drug-likeness (QED) is 0.795. The molecular formula is C18H21Cl2N. The van der Waals surface area contributed by atoms with E-state index >= 15 is 0 Å². The maximum atomic E-state index is 6.08. The van der Waals surface area contributed by atoms with Crippen molar-refractivity contribution in [2.75, 3.05) is 7.05 Å². The minimum atomic E-state index is 0.384. The number of hydrogen-bond acceptors (Lipinski definition) is 1. The molecule has 0 aliphatic carbocycles. The van der Waals surface area contributed by atoms with Gasteiger partial charge in [-0.05, 0) is 55.1 Å². The minimum Gasteiger partial charge on any atom is -0.316 e. The van der Waals surface area contributed by atoms with Gasteiger partial charge in [0.05, 0.1) is 10.0 Å². The Bertz CT molecular complexity index is 578. The molecule has 112 valence electrons. The van der Waals surface area contributed by atoms with Gasteiger partial charge >= 0.3 is 0 Å². The molecular weight excluding hydrogens is 301 g/mol. The first-order valence-corrected chi connectivity index (χ1v) is 8.07. The van der Waals surface area contributed by atoms with Crippen molar-refractivity contribution in [1.29, 1.82) is 0 Å². The Morgan fingerprint density at radius 2 is 1.43 bits per heavy atom. The Labute approximate surface area is 137 Å². The summed E-state index contributed by atoms with van der Waals surface area (Å²) in [5, 5.41) is 4.62. The fourth-order valence-electron chi connectivity index (χ4n) is 2.42. The van der Waals surface area contributed by atoms with E-state index < -0.39 is 0 Å². The molecule has 2 aromatic rings. The summed E-state index contributed by atoms with van der Waals surface area (Å²) in [6.07, 6.45) is 3.02. The largest absolute Gasteiger partial charge is 0.316 e. The highest BCUT2D eigenvalue weighted by Crippen LogP contribution is 2.23. The summed E-state index contributed by atoms with van der Waals surface area (Å²) in [7, 11) is 2.00. The van der Waals surface area contributed by atoms with Gasteiger partial charge in [0.1, 0.15) is 0 Å². The molecule has 0 heterocycles. The molecule has 0 aromatic heterocycles. The van der Waals surface area contributed by atoms with Crippen LogP contribution in [-0.2, 0) is 19.3 Å². The van der Waals surface area contributed by atoms with Crippen LogP contribution in [0, 0.1) is 0 Å². The van der Waals surface area contributed by atoms with Crippen LogP contribution in [0.4, 0.5) is 0 Å². The van der Waals surface area contributed by atoms with Gasteiger partial charge in [0.25, 0.3) is 0 Å². The van der Waals surface area contributed by atoms with Gasteiger partial charge in [-0.25, -0.2) is 0 Å². The standard InChI is InChI=1S/C18H21Cl2N/c1-3-13-4-6-14(7-5-13)10-16(21-2)11-15-8-9-17(19)18(20)12-15/h4-9,12,16,21H,3,10-11H2,1-2H3. The highest BCUT2D eigenvalue weighted by Gasteiger charge is 2.10. The highest BCUT2D eigenvalue weighted by atomic mass is 35.5. The Balaban J connectivity index is 2.03. The monoisotopic (exact) mass is 321 g/mol. The van der Waals surface area contributed by atoms with Gasteiger partial charge in [-0.2, -0.15) is 0 Å². The second-order valence-electron chi connectivity index (χ2n) is 5.31. The van der Waals surface area contributed by atoms with E-state index in [1.165, 1.54) is 16.7 Å². The molecule has 0 amide bonds. The Kier molecular flexibility index (Phi) is 6.10. The van der Waals surface area contributed by atoms with E-state index in [9.17, 15) is 0 Å². The molecule has 1 N–H and O–H groups in total. The smallest absolute Gasteiger partial charge is 0.0595 e. The van der Waals surface area contributed by atoms with Crippen molar-refractivity contribution in [3.05, 3.63) is 69.2 Å². The first kappa shape index (κ1) is 16.4. The highest BCUT2D eigenvalue weighted by molar-refractivity contribution is 6.42. The summed E-state index contributed by atoms with van der Waals surface area (Å²) in [4.78, 5) is 0. The van der Waals surface area contributed by atoms with Crippen LogP contribution >= 0.6 is 23.2 Å². The molecule has 1 unspecified atom stereocenters. The molecule has 2 rings (SSSR count). The second-order valence-corrected chi connectivity index (χ2v) is 6.13. The van der Waals surface area contributed by atoms with Crippen LogP contribution in [0.25, 0.3) is 0 Å². The van der Waals surface area contributed by atoms with Gasteiger partial charge in [-0.1, -0.05) is 60.5 Å². The van der Waals surface area contributed by atoms with E-state index in [0.29, 0.717) is 16.1 Å². The van der Waals surface area contributed by atoms with Gasteiger partial charge in [0.15, 0.2) is 0 Å². The summed E-state index contributed by atoms with van der Waals surface area (Å²) in [6.45, 7) is 2.18. The summed E-state index contributed by atoms with van der Waals surface area (Å²) in [5.41, 5.74) is 3.93. The summed E-state index contributed by atoms with van der Waals surface area (Å²) in [5.74, 6) is 0. The summed E-state index contributed by atoms with van der Waals surface area (Å²) < 4.78 is 0. The first-order chi connectivity index (χ1) is 10.1. The predicted molar refractivity (Wildman–Crippen MR) is 92.5 cm³/mol. The van der Waals surface area contributed by atoms with Crippen molar-refractivity contribution in [3.8, 4) is 0 Å². The number of aryl methyl sites for hydroxylation is 1. The van der Waals surface area contributed by atoms with Crippen molar-refractivity contribution >= 4 is 23.2 Å². The molecule has 0 spiro atoms. The van der Waals surface area contributed by atoms with Crippen LogP contribution in [0.3, 0.4) is 0 Å². The molecule has 2 aromatic carbocycles. The molecule has 21 heavy (non-hydrogen) atoms. The van der Waals surface area contributed by atoms with Gasteiger partial charge in [-0.15, -0.1) is 0 Å². The molecule has 1 nitrogen and oxygen atoms in total. The van der Waals surface area contributed by atoms with Crippen LogP contribution in [0.2, 0.25) is 10.0 Å². The molecule has 0 aliphatic heterocycles. The zero-order valence-corrected chi connectivity index (χ0v) is 14.0. The number of nitrogens with one attached hydrogen (secondary N) is 1. The average molecular weight is 322 g/mol. The van der Waals surface area contributed by atoms with E-state index in [4.69, 9.17) is 23.2 Å². The van der Waals surface area contributed by atoms with E-state index in [2.05, 4.69) is 36.5 Å². The summed E-state index contributed by atoms with van der Waals surface area (Å²) in [6, 6.07) is 15.1. The molecule has 0 radical (unpaired) electrons. The van der Waals surface area contributed by atoms with Crippen LogP contribution in [0.5, 0.6) is 0 Å². The zero-order valence-electron chi connectivity index (χ0n) is 12.5. The summed E-state index contributed by atoms with van der Waals surface area (Å²) >= 11 is 12.0. The normalized spacial score (nSPS) is 12.4. The molecule has 0 saturated heterocycles. The third kappa shape index (κ3) is 4.74. The third-order valence-electron chi connectivity index (χ3n) is 3.79. The lowest BCUT2D eigenvalue weighted by atomic mass is 9.98. The lowest BCUT2D eigenvalue weighted by Crippen LogP contribution is -2.29. The lowest BCUT2D eigenvalue weighted by molar-refractivity contribution is 0.556. The van der Waals surface area contributed by atoms with Crippen molar-refractivity contribution in [2.45, 2.75) is 32.2 Å². The van der Waals surface area contributed by atoms with E-state index in [1.54, 1.807) is 0 Å². The molecule has 0 saturated carbocycles. The SMILES string of the molecule is CCc1ccc(CC(Cc2ccc(Cl)c(Cl)c2)NC)cc1. The topological polar surface area (TPSA) is 12.0 Å². The Hall–Kier alpha value is -1.02. The molecule has 0 bridgehead atoms. The first-order valence-electron chi connectivity index (χ1n) is 7.31. The van der Waals surface area contributed by atoms with Gasteiger partial charge < -0.3 is 5.32 Å². The number of halogens is 2. The third-order valence-corrected chi connectivity index (χ3v) is 4.53. The van der Waals surface area contributed by atoms with E-state index in [-0.39, 0.29) is 0 Å². The second kappa shape index (κ2) is 7.84. The molecule has 1 atom stereocenters. The van der Waals surface area contributed by atoms with E-state index in [0.717, 1.165) is 19.3 Å². The maximum Gasteiger partial charge on any atom is 0.0595 e. The van der Waals surface area contributed by atoms with Crippen LogP contribution in [0.1, 0.15) is 23.6 Å². The van der Waals surface area contributed by atoms with Gasteiger partial charge in [-0.3, -0.25) is 0 Å². The lowest BCUT2D eigenvalue weighted by Gasteiger charge is -2.17. The fraction of sp³-hybridized carbons (Fsp3) is 0.333. The number of likely N-dealkylation sites (N-methyl/N-ethyl adjacent to an activating group) is 1. The van der Waals surface area contributed by atoms with Crippen molar-refractivity contribution < 1.29 is 0 Å². The van der Waals surface area contributed by atoms with Crippen LogP contribution in [-0.4, -0.2) is 13.1 Å². The van der Waals surface area contributed by atoms with Crippen molar-refractivity contribution in [2.24, 2.45) is 0 Å². The van der Waals surface area contributed by atoms with E-state index in [1.807, 2.05) is 25.2 Å². The Morgan fingerprint density at radius 1 is 0.857 bits per heavy atom. The molecule has 3 heteroatoms. The number of benzene rings is 2. The van der Waals surface area contributed by atoms with Gasteiger partial charge in [0.2, 0.25) is 0 Å². The minimum absolute atomic E-state index is 0.384. The fourth-order valence-corrected chi connectivity index (χ4v) is 2.74. The van der Waals surface area contributed by atoms with Crippen molar-refractivity contribution in [1.82, 2.24) is 5.32 Å². The molecule has 0 fully saturated rings. The van der Waals surface area contributed by atoms with Crippen LogP contribution < -0.4 is 5.32 Å². The Morgan fingerprint density at radius 3 is 2.00 bits per heavy atom. The predicted octanol–water partition coefficient (Wildman–Crippen LogP) is 4.93. The van der Waals surface area contributed by atoms with Crippen molar-refractivity contribution in [3.63, 3.8) is 0 Å². The average Bonchev–Trinajstić information content (AvgIpc) is 2.51. The zero-order chi connectivity index (χ0) is 15.2. The number of hydrogen-bond donors (Lipinski definition) is 1.